The first-order valence-corrected chi connectivity index (χ1v) is 5.66. The minimum atomic E-state index is 0.546. The van der Waals surface area contributed by atoms with Gasteiger partial charge in [-0.2, -0.15) is 0 Å². The van der Waals surface area contributed by atoms with Crippen molar-refractivity contribution < 1.29 is 4.74 Å². The number of fused-ring (bicyclic) bond motifs is 1. The lowest BCUT2D eigenvalue weighted by molar-refractivity contribution is -0.0979. The van der Waals surface area contributed by atoms with E-state index >= 15 is 0 Å². The Labute approximate surface area is 81.3 Å². The van der Waals surface area contributed by atoms with Gasteiger partial charge in [0, 0.05) is 18.6 Å². The minimum Gasteiger partial charge on any atom is -0.375 e. The van der Waals surface area contributed by atoms with Gasteiger partial charge in [0.1, 0.15) is 0 Å². The zero-order valence-corrected chi connectivity index (χ0v) is 8.83. The Morgan fingerprint density at radius 1 is 1.23 bits per heavy atom. The van der Waals surface area contributed by atoms with Crippen LogP contribution >= 0.6 is 0 Å². The van der Waals surface area contributed by atoms with E-state index in [4.69, 9.17) is 4.74 Å². The molecule has 2 nitrogen and oxygen atoms in total. The maximum Gasteiger partial charge on any atom is 0.0731 e. The van der Waals surface area contributed by atoms with Crippen molar-refractivity contribution in [2.75, 3.05) is 13.2 Å². The summed E-state index contributed by atoms with van der Waals surface area (Å²) in [6.45, 7) is 6.69. The summed E-state index contributed by atoms with van der Waals surface area (Å²) >= 11 is 0. The van der Waals surface area contributed by atoms with Crippen LogP contribution in [0.25, 0.3) is 0 Å². The van der Waals surface area contributed by atoms with Gasteiger partial charge in [0.15, 0.2) is 0 Å². The van der Waals surface area contributed by atoms with Crippen molar-refractivity contribution in [3.8, 4) is 0 Å². The average Bonchev–Trinajstić information content (AvgIpc) is 2.17. The van der Waals surface area contributed by atoms with Crippen LogP contribution in [-0.4, -0.2) is 36.2 Å². The molecule has 0 aromatic heterocycles. The van der Waals surface area contributed by atoms with Crippen molar-refractivity contribution in [3.05, 3.63) is 0 Å². The summed E-state index contributed by atoms with van der Waals surface area (Å²) in [5.41, 5.74) is 0. The molecule has 0 bridgehead atoms. The van der Waals surface area contributed by atoms with Gasteiger partial charge < -0.3 is 4.74 Å². The molecule has 0 aromatic rings. The molecule has 0 amide bonds. The first-order chi connectivity index (χ1) is 6.29. The monoisotopic (exact) mass is 183 g/mol. The number of hydrogen-bond donors (Lipinski definition) is 0. The molecule has 1 heterocycles. The van der Waals surface area contributed by atoms with Crippen LogP contribution in [0.2, 0.25) is 0 Å². The van der Waals surface area contributed by atoms with E-state index in [1.54, 1.807) is 0 Å². The van der Waals surface area contributed by atoms with Crippen molar-refractivity contribution in [1.82, 2.24) is 4.90 Å². The van der Waals surface area contributed by atoms with Gasteiger partial charge in [-0.05, 0) is 26.7 Å². The summed E-state index contributed by atoms with van der Waals surface area (Å²) in [5.74, 6) is 0. The van der Waals surface area contributed by atoms with Crippen molar-refractivity contribution in [1.29, 1.82) is 0 Å². The summed E-state index contributed by atoms with van der Waals surface area (Å²) in [4.78, 5) is 2.63. The van der Waals surface area contributed by atoms with Crippen LogP contribution in [0.1, 0.15) is 39.5 Å². The van der Waals surface area contributed by atoms with Gasteiger partial charge in [-0.15, -0.1) is 0 Å². The third-order valence-electron chi connectivity index (χ3n) is 3.44. The summed E-state index contributed by atoms with van der Waals surface area (Å²) in [6, 6.07) is 1.41. The third kappa shape index (κ3) is 1.89. The number of rotatable bonds is 1. The highest BCUT2D eigenvalue weighted by Gasteiger charge is 2.34. The predicted octanol–water partition coefficient (Wildman–Crippen LogP) is 2.04. The quantitative estimate of drug-likeness (QED) is 0.617. The fourth-order valence-electron chi connectivity index (χ4n) is 2.77. The molecule has 0 spiro atoms. The number of hydrogen-bond acceptors (Lipinski definition) is 2. The van der Waals surface area contributed by atoms with Crippen LogP contribution in [0.4, 0.5) is 0 Å². The molecule has 2 rings (SSSR count). The van der Waals surface area contributed by atoms with Gasteiger partial charge in [-0.3, -0.25) is 4.90 Å². The molecular formula is C11H21NO. The van der Waals surface area contributed by atoms with Crippen LogP contribution in [0, 0.1) is 0 Å². The molecule has 1 saturated carbocycles. The Bertz CT molecular complexity index is 167. The third-order valence-corrected chi connectivity index (χ3v) is 3.44. The smallest absolute Gasteiger partial charge is 0.0731 e. The second-order valence-corrected chi connectivity index (χ2v) is 4.59. The van der Waals surface area contributed by atoms with E-state index in [-0.39, 0.29) is 0 Å². The van der Waals surface area contributed by atoms with Crippen molar-refractivity contribution in [2.45, 2.75) is 57.7 Å². The summed E-state index contributed by atoms with van der Waals surface area (Å²) in [6.07, 6.45) is 5.95. The maximum absolute atomic E-state index is 5.82. The second-order valence-electron chi connectivity index (χ2n) is 4.59. The second kappa shape index (κ2) is 3.97. The fraction of sp³-hybridized carbons (Fsp3) is 1.00. The Hall–Kier alpha value is -0.0800. The normalized spacial score (nSPS) is 36.2. The van der Waals surface area contributed by atoms with E-state index in [1.165, 1.54) is 25.7 Å². The van der Waals surface area contributed by atoms with E-state index in [0.29, 0.717) is 12.1 Å². The zero-order valence-electron chi connectivity index (χ0n) is 8.83. The van der Waals surface area contributed by atoms with E-state index in [2.05, 4.69) is 18.7 Å². The van der Waals surface area contributed by atoms with Crippen LogP contribution in [-0.2, 0) is 4.74 Å². The molecule has 1 aliphatic heterocycles. The summed E-state index contributed by atoms with van der Waals surface area (Å²) in [7, 11) is 0. The Morgan fingerprint density at radius 2 is 2.00 bits per heavy atom. The highest BCUT2D eigenvalue weighted by atomic mass is 16.5. The van der Waals surface area contributed by atoms with Crippen LogP contribution < -0.4 is 0 Å². The molecule has 2 unspecified atom stereocenters. The van der Waals surface area contributed by atoms with Crippen LogP contribution in [0.15, 0.2) is 0 Å². The Balaban J connectivity index is 2.02. The molecule has 76 valence electrons. The molecule has 0 N–H and O–H groups in total. The first-order valence-electron chi connectivity index (χ1n) is 5.66. The molecule has 0 aromatic carbocycles. The van der Waals surface area contributed by atoms with Gasteiger partial charge in [-0.1, -0.05) is 12.8 Å². The molecule has 1 saturated heterocycles. The molecule has 2 heteroatoms. The van der Waals surface area contributed by atoms with Crippen molar-refractivity contribution in [3.63, 3.8) is 0 Å². The zero-order chi connectivity index (χ0) is 9.26. The van der Waals surface area contributed by atoms with Crippen LogP contribution in [0.3, 0.4) is 0 Å². The SMILES string of the molecule is CC(C)N1CCOC2CCCCC21. The largest absolute Gasteiger partial charge is 0.375 e. The summed E-state index contributed by atoms with van der Waals surface area (Å²) < 4.78 is 5.82. The van der Waals surface area contributed by atoms with Gasteiger partial charge >= 0.3 is 0 Å². The minimum absolute atomic E-state index is 0.546. The van der Waals surface area contributed by atoms with Crippen molar-refractivity contribution >= 4 is 0 Å². The molecule has 1 aliphatic carbocycles. The lowest BCUT2D eigenvalue weighted by Crippen LogP contribution is -2.54. The molecule has 13 heavy (non-hydrogen) atoms. The molecular weight excluding hydrogens is 162 g/mol. The number of ether oxygens (including phenoxy) is 1. The average molecular weight is 183 g/mol. The lowest BCUT2D eigenvalue weighted by Gasteiger charge is -2.45. The number of nitrogens with zero attached hydrogens (tertiary/aromatic N) is 1. The topological polar surface area (TPSA) is 12.5 Å². The van der Waals surface area contributed by atoms with Gasteiger partial charge in [-0.25, -0.2) is 0 Å². The molecule has 2 atom stereocenters. The molecule has 0 radical (unpaired) electrons. The van der Waals surface area contributed by atoms with E-state index in [1.807, 2.05) is 0 Å². The fourth-order valence-corrected chi connectivity index (χ4v) is 2.77. The van der Waals surface area contributed by atoms with Crippen LogP contribution in [0.5, 0.6) is 0 Å². The van der Waals surface area contributed by atoms with E-state index < -0.39 is 0 Å². The highest BCUT2D eigenvalue weighted by Crippen LogP contribution is 2.29. The lowest BCUT2D eigenvalue weighted by atomic mass is 9.89. The number of morpholine rings is 1. The standard InChI is InChI=1S/C11H21NO/c1-9(2)12-7-8-13-11-6-4-3-5-10(11)12/h9-11H,3-8H2,1-2H3. The van der Waals surface area contributed by atoms with E-state index in [0.717, 1.165) is 19.2 Å². The van der Waals surface area contributed by atoms with Gasteiger partial charge in [0.05, 0.1) is 12.7 Å². The Kier molecular flexibility index (Phi) is 2.89. The van der Waals surface area contributed by atoms with Gasteiger partial charge in [0.2, 0.25) is 0 Å². The first kappa shape index (κ1) is 9.47. The maximum atomic E-state index is 5.82. The molecule has 2 aliphatic rings. The highest BCUT2D eigenvalue weighted by molar-refractivity contribution is 4.88. The van der Waals surface area contributed by atoms with E-state index in [9.17, 15) is 0 Å². The molecule has 2 fully saturated rings. The Morgan fingerprint density at radius 3 is 2.77 bits per heavy atom. The van der Waals surface area contributed by atoms with Gasteiger partial charge in [0.25, 0.3) is 0 Å². The predicted molar refractivity (Wildman–Crippen MR) is 53.8 cm³/mol. The van der Waals surface area contributed by atoms with Crippen molar-refractivity contribution in [2.24, 2.45) is 0 Å². The summed E-state index contributed by atoms with van der Waals surface area (Å²) in [5, 5.41) is 0.